The number of alkyl halides is 3. The van der Waals surface area contributed by atoms with E-state index in [4.69, 9.17) is 0 Å². The number of aromatic nitrogens is 2. The minimum Gasteiger partial charge on any atom is -0.404 e. The normalized spacial score (nSPS) is 11.4. The summed E-state index contributed by atoms with van der Waals surface area (Å²) in [4.78, 5) is 4.07. The number of hydrogen-bond donors (Lipinski definition) is 1. The van der Waals surface area contributed by atoms with Crippen LogP contribution in [-0.2, 0) is 13.6 Å². The molecule has 2 aromatic rings. The van der Waals surface area contributed by atoms with E-state index in [1.807, 2.05) is 7.05 Å². The maximum absolute atomic E-state index is 12.2. The standard InChI is InChI=1S/C12H12F3N3O/c1-18-7-6-16-11(18)8-17-9-4-2-3-5-10(9)19-12(13,14)15/h2-7,17H,8H2,1H3. The third kappa shape index (κ3) is 3.64. The van der Waals surface area contributed by atoms with E-state index in [1.165, 1.54) is 18.2 Å². The molecule has 2 rings (SSSR count). The van der Waals surface area contributed by atoms with Gasteiger partial charge in [0.2, 0.25) is 0 Å². The molecule has 7 heteroatoms. The summed E-state index contributed by atoms with van der Waals surface area (Å²) >= 11 is 0. The molecule has 0 saturated heterocycles. The molecule has 0 aliphatic heterocycles. The van der Waals surface area contributed by atoms with Crippen molar-refractivity contribution in [2.75, 3.05) is 5.32 Å². The minimum absolute atomic E-state index is 0.260. The summed E-state index contributed by atoms with van der Waals surface area (Å²) in [6.45, 7) is 0.307. The molecule has 19 heavy (non-hydrogen) atoms. The largest absolute Gasteiger partial charge is 0.573 e. The zero-order chi connectivity index (χ0) is 13.9. The number of halogens is 3. The molecule has 0 aliphatic rings. The van der Waals surface area contributed by atoms with Gasteiger partial charge in [-0.3, -0.25) is 0 Å². The Morgan fingerprint density at radius 2 is 2.05 bits per heavy atom. The number of nitrogens with one attached hydrogen (secondary N) is 1. The van der Waals surface area contributed by atoms with E-state index in [2.05, 4.69) is 15.0 Å². The van der Waals surface area contributed by atoms with Crippen LogP contribution in [0.2, 0.25) is 0 Å². The van der Waals surface area contributed by atoms with Crippen LogP contribution in [0.4, 0.5) is 18.9 Å². The predicted molar refractivity (Wildman–Crippen MR) is 63.7 cm³/mol. The topological polar surface area (TPSA) is 39.1 Å². The molecule has 0 bridgehead atoms. The number of hydrogen-bond acceptors (Lipinski definition) is 3. The first-order chi connectivity index (χ1) is 8.96. The molecule has 0 spiro atoms. The van der Waals surface area contributed by atoms with Gasteiger partial charge in [0, 0.05) is 19.4 Å². The molecular weight excluding hydrogens is 259 g/mol. The summed E-state index contributed by atoms with van der Waals surface area (Å²) in [7, 11) is 1.81. The second-order valence-corrected chi connectivity index (χ2v) is 3.85. The van der Waals surface area contributed by atoms with E-state index < -0.39 is 6.36 Å². The lowest BCUT2D eigenvalue weighted by Gasteiger charge is -2.14. The minimum atomic E-state index is -4.71. The van der Waals surface area contributed by atoms with Crippen molar-refractivity contribution in [3.05, 3.63) is 42.5 Å². The zero-order valence-electron chi connectivity index (χ0n) is 10.1. The Morgan fingerprint density at radius 3 is 2.68 bits per heavy atom. The van der Waals surface area contributed by atoms with Crippen LogP contribution in [0.5, 0.6) is 5.75 Å². The lowest BCUT2D eigenvalue weighted by Crippen LogP contribution is -2.18. The van der Waals surface area contributed by atoms with Gasteiger partial charge in [0.1, 0.15) is 5.82 Å². The second kappa shape index (κ2) is 5.21. The number of anilines is 1. The molecule has 0 radical (unpaired) electrons. The molecule has 1 N–H and O–H groups in total. The van der Waals surface area contributed by atoms with E-state index in [0.29, 0.717) is 12.4 Å². The summed E-state index contributed by atoms with van der Waals surface area (Å²) in [5.74, 6) is 0.450. The van der Waals surface area contributed by atoms with Gasteiger partial charge in [-0.05, 0) is 12.1 Å². The fourth-order valence-corrected chi connectivity index (χ4v) is 1.57. The van der Waals surface area contributed by atoms with Crippen LogP contribution in [0.1, 0.15) is 5.82 Å². The third-order valence-corrected chi connectivity index (χ3v) is 2.47. The number of ether oxygens (including phenoxy) is 1. The summed E-state index contributed by atoms with van der Waals surface area (Å²) in [6, 6.07) is 5.88. The molecule has 0 saturated carbocycles. The average Bonchev–Trinajstić information content (AvgIpc) is 2.72. The van der Waals surface area contributed by atoms with Gasteiger partial charge in [-0.1, -0.05) is 12.1 Å². The summed E-state index contributed by atoms with van der Waals surface area (Å²) in [5, 5.41) is 2.87. The first-order valence-corrected chi connectivity index (χ1v) is 5.50. The number of imidazole rings is 1. The quantitative estimate of drug-likeness (QED) is 0.929. The molecule has 0 unspecified atom stereocenters. The van der Waals surface area contributed by atoms with Crippen LogP contribution in [0.25, 0.3) is 0 Å². The predicted octanol–water partition coefficient (Wildman–Crippen LogP) is 2.93. The highest BCUT2D eigenvalue weighted by Gasteiger charge is 2.32. The van der Waals surface area contributed by atoms with Crippen molar-refractivity contribution in [1.29, 1.82) is 0 Å². The van der Waals surface area contributed by atoms with Gasteiger partial charge < -0.3 is 14.6 Å². The monoisotopic (exact) mass is 271 g/mol. The molecule has 0 aliphatic carbocycles. The van der Waals surface area contributed by atoms with Crippen molar-refractivity contribution >= 4 is 5.69 Å². The second-order valence-electron chi connectivity index (χ2n) is 3.85. The zero-order valence-corrected chi connectivity index (χ0v) is 10.1. The van der Waals surface area contributed by atoms with Crippen molar-refractivity contribution < 1.29 is 17.9 Å². The van der Waals surface area contributed by atoms with Gasteiger partial charge in [0.15, 0.2) is 5.75 Å². The van der Waals surface area contributed by atoms with Crippen LogP contribution in [0.3, 0.4) is 0 Å². The van der Waals surface area contributed by atoms with Crippen molar-refractivity contribution in [2.24, 2.45) is 7.05 Å². The lowest BCUT2D eigenvalue weighted by molar-refractivity contribution is -0.274. The van der Waals surface area contributed by atoms with Gasteiger partial charge in [-0.25, -0.2) is 4.98 Å². The summed E-state index contributed by atoms with van der Waals surface area (Å²) in [5.41, 5.74) is 0.267. The van der Waals surface area contributed by atoms with Gasteiger partial charge >= 0.3 is 6.36 Å². The maximum Gasteiger partial charge on any atom is 0.573 e. The highest BCUT2D eigenvalue weighted by Crippen LogP contribution is 2.30. The molecule has 102 valence electrons. The number of rotatable bonds is 4. The van der Waals surface area contributed by atoms with Crippen LogP contribution >= 0.6 is 0 Å². The lowest BCUT2D eigenvalue weighted by atomic mass is 10.3. The number of para-hydroxylation sites is 2. The van der Waals surface area contributed by atoms with Gasteiger partial charge in [-0.15, -0.1) is 13.2 Å². The molecule has 0 fully saturated rings. The highest BCUT2D eigenvalue weighted by atomic mass is 19.4. The maximum atomic E-state index is 12.2. The molecule has 1 aromatic carbocycles. The summed E-state index contributed by atoms with van der Waals surface area (Å²) < 4.78 is 42.4. The fourth-order valence-electron chi connectivity index (χ4n) is 1.57. The average molecular weight is 271 g/mol. The van der Waals surface area contributed by atoms with Gasteiger partial charge in [0.05, 0.1) is 12.2 Å². The Kier molecular flexibility index (Phi) is 3.64. The Labute approximate surface area is 107 Å². The van der Waals surface area contributed by atoms with E-state index in [-0.39, 0.29) is 11.4 Å². The van der Waals surface area contributed by atoms with Crippen LogP contribution in [0.15, 0.2) is 36.7 Å². The Morgan fingerprint density at radius 1 is 1.32 bits per heavy atom. The number of aryl methyl sites for hydroxylation is 1. The SMILES string of the molecule is Cn1ccnc1CNc1ccccc1OC(F)(F)F. The van der Waals surface area contributed by atoms with Gasteiger partial charge in [-0.2, -0.15) is 0 Å². The van der Waals surface area contributed by atoms with Gasteiger partial charge in [0.25, 0.3) is 0 Å². The Bertz CT molecular complexity index is 551. The first-order valence-electron chi connectivity index (χ1n) is 5.50. The summed E-state index contributed by atoms with van der Waals surface area (Å²) in [6.07, 6.45) is -1.33. The highest BCUT2D eigenvalue weighted by molar-refractivity contribution is 5.56. The van der Waals surface area contributed by atoms with E-state index in [1.54, 1.807) is 23.0 Å². The van der Waals surface area contributed by atoms with Crippen molar-refractivity contribution in [1.82, 2.24) is 9.55 Å². The molecule has 1 aromatic heterocycles. The fraction of sp³-hybridized carbons (Fsp3) is 0.250. The van der Waals surface area contributed by atoms with E-state index in [0.717, 1.165) is 0 Å². The van der Waals surface area contributed by atoms with E-state index >= 15 is 0 Å². The smallest absolute Gasteiger partial charge is 0.404 e. The number of nitrogens with zero attached hydrogens (tertiary/aromatic N) is 2. The number of benzene rings is 1. The molecular formula is C12H12F3N3O. The Balaban J connectivity index is 2.10. The molecule has 0 amide bonds. The van der Waals surface area contributed by atoms with Crippen molar-refractivity contribution in [3.8, 4) is 5.75 Å². The molecule has 0 atom stereocenters. The van der Waals surface area contributed by atoms with Crippen LogP contribution in [-0.4, -0.2) is 15.9 Å². The molecule has 1 heterocycles. The van der Waals surface area contributed by atoms with E-state index in [9.17, 15) is 13.2 Å². The van der Waals surface area contributed by atoms with Crippen molar-refractivity contribution in [3.63, 3.8) is 0 Å². The van der Waals surface area contributed by atoms with Crippen LogP contribution < -0.4 is 10.1 Å². The Hall–Kier alpha value is -2.18. The van der Waals surface area contributed by atoms with Crippen molar-refractivity contribution in [2.45, 2.75) is 12.9 Å². The van der Waals surface area contributed by atoms with Crippen LogP contribution in [0, 0.1) is 0 Å². The first kappa shape index (κ1) is 13.3. The third-order valence-electron chi connectivity index (χ3n) is 2.47. The molecule has 4 nitrogen and oxygen atoms in total.